The van der Waals surface area contributed by atoms with Crippen LogP contribution in [0.15, 0.2) is 53.7 Å². The molecule has 2 heterocycles. The highest BCUT2D eigenvalue weighted by Crippen LogP contribution is 2.32. The maximum absolute atomic E-state index is 12.4. The van der Waals surface area contributed by atoms with Crippen LogP contribution in [0, 0.1) is 6.92 Å². The number of hydrogen-bond donors (Lipinski definition) is 0. The molecule has 168 valence electrons. The van der Waals surface area contributed by atoms with Gasteiger partial charge in [0.25, 0.3) is 0 Å². The van der Waals surface area contributed by atoms with Gasteiger partial charge in [0.2, 0.25) is 5.91 Å². The first kappa shape index (κ1) is 22.4. The molecular weight excluding hydrogens is 424 g/mol. The number of benzene rings is 2. The van der Waals surface area contributed by atoms with Gasteiger partial charge in [-0.25, -0.2) is 0 Å². The second-order valence-electron chi connectivity index (χ2n) is 7.62. The van der Waals surface area contributed by atoms with Gasteiger partial charge < -0.3 is 14.4 Å². The summed E-state index contributed by atoms with van der Waals surface area (Å²) in [6, 6.07) is 16.1. The highest BCUT2D eigenvalue weighted by atomic mass is 32.2. The molecule has 1 aliphatic heterocycles. The molecule has 0 unspecified atom stereocenters. The summed E-state index contributed by atoms with van der Waals surface area (Å²) in [4.78, 5) is 14.3. The van der Waals surface area contributed by atoms with Gasteiger partial charge >= 0.3 is 0 Å². The second kappa shape index (κ2) is 10.7. The summed E-state index contributed by atoms with van der Waals surface area (Å²) in [6.07, 6.45) is 1.31. The number of hydrogen-bond acceptors (Lipinski definition) is 6. The topological polar surface area (TPSA) is 69.5 Å². The molecule has 0 radical (unpaired) electrons. The van der Waals surface area contributed by atoms with E-state index in [4.69, 9.17) is 9.47 Å². The zero-order valence-electron chi connectivity index (χ0n) is 18.5. The van der Waals surface area contributed by atoms with Crippen molar-refractivity contribution in [3.63, 3.8) is 0 Å². The third kappa shape index (κ3) is 5.14. The van der Waals surface area contributed by atoms with Gasteiger partial charge in [-0.2, -0.15) is 0 Å². The van der Waals surface area contributed by atoms with Crippen LogP contribution in [-0.2, 0) is 9.53 Å². The number of morpholine rings is 1. The molecule has 0 atom stereocenters. The monoisotopic (exact) mass is 452 g/mol. The smallest absolute Gasteiger partial charge is 0.222 e. The molecule has 1 aliphatic rings. The Labute approximate surface area is 192 Å². The lowest BCUT2D eigenvalue weighted by atomic mass is 10.1. The minimum Gasteiger partial charge on any atom is -0.495 e. The summed E-state index contributed by atoms with van der Waals surface area (Å²) in [5, 5.41) is 9.77. The number of carbonyl (C=O) groups excluding carboxylic acids is 1. The number of aryl methyl sites for hydroxylation is 1. The Morgan fingerprint density at radius 3 is 2.59 bits per heavy atom. The number of para-hydroxylation sites is 2. The zero-order chi connectivity index (χ0) is 22.3. The molecular formula is C24H28N4O3S. The van der Waals surface area contributed by atoms with E-state index < -0.39 is 0 Å². The first-order valence-corrected chi connectivity index (χ1v) is 11.8. The molecule has 0 aliphatic carbocycles. The van der Waals surface area contributed by atoms with Crippen LogP contribution in [-0.4, -0.2) is 64.7 Å². The van der Waals surface area contributed by atoms with E-state index in [0.29, 0.717) is 32.7 Å². The van der Waals surface area contributed by atoms with Crippen LogP contribution in [0.4, 0.5) is 0 Å². The molecule has 4 rings (SSSR count). The van der Waals surface area contributed by atoms with Crippen molar-refractivity contribution >= 4 is 17.7 Å². The largest absolute Gasteiger partial charge is 0.495 e. The Kier molecular flexibility index (Phi) is 7.44. The quantitative estimate of drug-likeness (QED) is 0.380. The zero-order valence-corrected chi connectivity index (χ0v) is 19.3. The molecule has 1 saturated heterocycles. The minimum atomic E-state index is 0.195. The number of rotatable bonds is 8. The van der Waals surface area contributed by atoms with Gasteiger partial charge in [-0.1, -0.05) is 53.7 Å². The van der Waals surface area contributed by atoms with Crippen LogP contribution in [0.5, 0.6) is 5.75 Å². The molecule has 0 bridgehead atoms. The maximum Gasteiger partial charge on any atom is 0.222 e. The van der Waals surface area contributed by atoms with Crippen molar-refractivity contribution in [1.82, 2.24) is 19.7 Å². The lowest BCUT2D eigenvalue weighted by Gasteiger charge is -2.26. The van der Waals surface area contributed by atoms with Gasteiger partial charge in [-0.15, -0.1) is 10.2 Å². The van der Waals surface area contributed by atoms with Crippen molar-refractivity contribution < 1.29 is 14.3 Å². The van der Waals surface area contributed by atoms with Crippen molar-refractivity contribution in [3.8, 4) is 22.8 Å². The molecule has 0 N–H and O–H groups in total. The van der Waals surface area contributed by atoms with E-state index in [2.05, 4.69) is 41.4 Å². The molecule has 0 spiro atoms. The molecule has 1 fully saturated rings. The Balaban J connectivity index is 1.52. The number of thioether (sulfide) groups is 1. The first-order chi connectivity index (χ1) is 15.7. The van der Waals surface area contributed by atoms with E-state index in [1.807, 2.05) is 33.7 Å². The standard InChI is InChI=1S/C24H28N4O3S/c1-18-9-11-19(12-10-18)23-25-26-24(28(23)20-6-3-4-7-21(20)30-2)32-17-5-8-22(29)27-13-15-31-16-14-27/h3-4,6-7,9-12H,5,8,13-17H2,1-2H3. The summed E-state index contributed by atoms with van der Waals surface area (Å²) in [5.41, 5.74) is 3.07. The Hall–Kier alpha value is -2.84. The predicted octanol–water partition coefficient (Wildman–Crippen LogP) is 3.98. The predicted molar refractivity (Wildman–Crippen MR) is 125 cm³/mol. The van der Waals surface area contributed by atoms with Crippen molar-refractivity contribution in [3.05, 3.63) is 54.1 Å². The molecule has 3 aromatic rings. The molecule has 32 heavy (non-hydrogen) atoms. The SMILES string of the molecule is COc1ccccc1-n1c(SCCCC(=O)N2CCOCC2)nnc1-c1ccc(C)cc1. The van der Waals surface area contributed by atoms with Gasteiger partial charge in [0.1, 0.15) is 5.75 Å². The van der Waals surface area contributed by atoms with Crippen molar-refractivity contribution in [2.24, 2.45) is 0 Å². The summed E-state index contributed by atoms with van der Waals surface area (Å²) in [6.45, 7) is 4.70. The minimum absolute atomic E-state index is 0.195. The van der Waals surface area contributed by atoms with E-state index in [1.165, 1.54) is 5.56 Å². The number of ether oxygens (including phenoxy) is 2. The normalized spacial score (nSPS) is 13.9. The van der Waals surface area contributed by atoms with E-state index in [1.54, 1.807) is 18.9 Å². The molecule has 0 saturated carbocycles. The van der Waals surface area contributed by atoms with Crippen LogP contribution >= 0.6 is 11.8 Å². The molecule has 2 aromatic carbocycles. The summed E-state index contributed by atoms with van der Waals surface area (Å²) >= 11 is 1.61. The summed E-state index contributed by atoms with van der Waals surface area (Å²) in [5.74, 6) is 2.49. The van der Waals surface area contributed by atoms with Gasteiger partial charge in [0, 0.05) is 30.8 Å². The fourth-order valence-electron chi connectivity index (χ4n) is 3.64. The third-order valence-electron chi connectivity index (χ3n) is 5.40. The highest BCUT2D eigenvalue weighted by Gasteiger charge is 2.20. The van der Waals surface area contributed by atoms with E-state index in [0.717, 1.165) is 40.2 Å². The summed E-state index contributed by atoms with van der Waals surface area (Å²) < 4.78 is 13.0. The van der Waals surface area contributed by atoms with Gasteiger partial charge in [0.05, 0.1) is 26.0 Å². The van der Waals surface area contributed by atoms with Gasteiger partial charge in [0.15, 0.2) is 11.0 Å². The van der Waals surface area contributed by atoms with Crippen molar-refractivity contribution in [2.75, 3.05) is 39.2 Å². The Morgan fingerprint density at radius 2 is 1.84 bits per heavy atom. The number of nitrogens with zero attached hydrogens (tertiary/aromatic N) is 4. The lowest BCUT2D eigenvalue weighted by Crippen LogP contribution is -2.40. The Bertz CT molecular complexity index is 1050. The van der Waals surface area contributed by atoms with Crippen LogP contribution < -0.4 is 4.74 Å². The molecule has 1 amide bonds. The highest BCUT2D eigenvalue weighted by molar-refractivity contribution is 7.99. The molecule has 8 heteroatoms. The molecule has 1 aromatic heterocycles. The second-order valence-corrected chi connectivity index (χ2v) is 8.69. The van der Waals surface area contributed by atoms with Crippen molar-refractivity contribution in [2.45, 2.75) is 24.9 Å². The van der Waals surface area contributed by atoms with Crippen LogP contribution in [0.2, 0.25) is 0 Å². The van der Waals surface area contributed by atoms with E-state index in [-0.39, 0.29) is 5.91 Å². The third-order valence-corrected chi connectivity index (χ3v) is 6.41. The van der Waals surface area contributed by atoms with Gasteiger partial charge in [-0.3, -0.25) is 9.36 Å². The van der Waals surface area contributed by atoms with Crippen LogP contribution in [0.1, 0.15) is 18.4 Å². The maximum atomic E-state index is 12.4. The first-order valence-electron chi connectivity index (χ1n) is 10.8. The number of aromatic nitrogens is 3. The number of carbonyl (C=O) groups is 1. The Morgan fingerprint density at radius 1 is 1.09 bits per heavy atom. The number of amides is 1. The fourth-order valence-corrected chi connectivity index (χ4v) is 4.53. The van der Waals surface area contributed by atoms with Gasteiger partial charge in [-0.05, 0) is 25.5 Å². The van der Waals surface area contributed by atoms with Crippen LogP contribution in [0.25, 0.3) is 17.1 Å². The summed E-state index contributed by atoms with van der Waals surface area (Å²) in [7, 11) is 1.67. The van der Waals surface area contributed by atoms with Crippen LogP contribution in [0.3, 0.4) is 0 Å². The lowest BCUT2D eigenvalue weighted by molar-refractivity contribution is -0.135. The van der Waals surface area contributed by atoms with Crippen molar-refractivity contribution in [1.29, 1.82) is 0 Å². The molecule has 7 nitrogen and oxygen atoms in total. The average Bonchev–Trinajstić information content (AvgIpc) is 3.26. The number of methoxy groups -OCH3 is 1. The van der Waals surface area contributed by atoms with E-state index >= 15 is 0 Å². The fraction of sp³-hybridized carbons (Fsp3) is 0.375. The average molecular weight is 453 g/mol. The van der Waals surface area contributed by atoms with E-state index in [9.17, 15) is 4.79 Å².